The van der Waals surface area contributed by atoms with Gasteiger partial charge in [0.1, 0.15) is 11.8 Å². The summed E-state index contributed by atoms with van der Waals surface area (Å²) < 4.78 is 15.5. The molecule has 0 aliphatic carbocycles. The SMILES string of the molecule is COc1ccccc1C=C(C#N)c1cc(OC)c(OC)cc1[N+](=O)[O-]. The highest BCUT2D eigenvalue weighted by atomic mass is 16.6. The third kappa shape index (κ3) is 3.70. The van der Waals surface area contributed by atoms with Crippen LogP contribution in [-0.2, 0) is 0 Å². The summed E-state index contributed by atoms with van der Waals surface area (Å²) in [7, 11) is 4.32. The summed E-state index contributed by atoms with van der Waals surface area (Å²) in [5, 5.41) is 21.0. The molecule has 0 radical (unpaired) electrons. The van der Waals surface area contributed by atoms with Crippen LogP contribution in [-0.4, -0.2) is 26.3 Å². The molecule has 7 nitrogen and oxygen atoms in total. The van der Waals surface area contributed by atoms with Crippen LogP contribution in [0.15, 0.2) is 36.4 Å². The number of hydrogen-bond acceptors (Lipinski definition) is 6. The first-order chi connectivity index (χ1) is 12.0. The van der Waals surface area contributed by atoms with E-state index in [0.717, 1.165) is 0 Å². The van der Waals surface area contributed by atoms with E-state index in [9.17, 15) is 15.4 Å². The fourth-order valence-electron chi connectivity index (χ4n) is 2.35. The number of hydrogen-bond donors (Lipinski definition) is 0. The van der Waals surface area contributed by atoms with E-state index in [2.05, 4.69) is 0 Å². The Balaban J connectivity index is 2.70. The van der Waals surface area contributed by atoms with Gasteiger partial charge in [0.2, 0.25) is 0 Å². The first-order valence-electron chi connectivity index (χ1n) is 7.21. The molecular weight excluding hydrogens is 324 g/mol. The zero-order chi connectivity index (χ0) is 18.4. The summed E-state index contributed by atoms with van der Waals surface area (Å²) in [6.45, 7) is 0. The number of nitriles is 1. The molecule has 0 N–H and O–H groups in total. The van der Waals surface area contributed by atoms with Gasteiger partial charge in [0.25, 0.3) is 5.69 Å². The van der Waals surface area contributed by atoms with Crippen LogP contribution < -0.4 is 14.2 Å². The maximum Gasteiger partial charge on any atom is 0.281 e. The van der Waals surface area contributed by atoms with Gasteiger partial charge in [-0.2, -0.15) is 5.26 Å². The monoisotopic (exact) mass is 340 g/mol. The summed E-state index contributed by atoms with van der Waals surface area (Å²) in [4.78, 5) is 10.9. The molecule has 2 aromatic carbocycles. The molecule has 0 saturated heterocycles. The standard InChI is InChI=1S/C18H16N2O5/c1-23-16-7-5-4-6-12(16)8-13(11-19)14-9-17(24-2)18(25-3)10-15(14)20(21)22/h4-10H,1-3H3. The van der Waals surface area contributed by atoms with Crippen molar-refractivity contribution in [3.8, 4) is 23.3 Å². The molecule has 0 aliphatic heterocycles. The van der Waals surface area contributed by atoms with E-state index < -0.39 is 4.92 Å². The maximum atomic E-state index is 11.4. The minimum atomic E-state index is -0.565. The molecule has 0 fully saturated rings. The normalized spacial score (nSPS) is 10.7. The number of nitro benzene ring substituents is 1. The second kappa shape index (κ2) is 7.84. The number of methoxy groups -OCH3 is 3. The molecule has 0 bridgehead atoms. The number of benzene rings is 2. The van der Waals surface area contributed by atoms with E-state index in [1.165, 1.54) is 39.5 Å². The molecule has 7 heteroatoms. The molecule has 25 heavy (non-hydrogen) atoms. The summed E-state index contributed by atoms with van der Waals surface area (Å²) in [5.41, 5.74) is 0.624. The Hall–Kier alpha value is -3.53. The first kappa shape index (κ1) is 17.8. The molecule has 0 unspecified atom stereocenters. The smallest absolute Gasteiger partial charge is 0.281 e. The third-order valence-electron chi connectivity index (χ3n) is 3.55. The van der Waals surface area contributed by atoms with E-state index in [-0.39, 0.29) is 22.6 Å². The van der Waals surface area contributed by atoms with Gasteiger partial charge >= 0.3 is 0 Å². The zero-order valence-electron chi connectivity index (χ0n) is 14.0. The van der Waals surface area contributed by atoms with Crippen molar-refractivity contribution in [3.63, 3.8) is 0 Å². The Kier molecular flexibility index (Phi) is 5.58. The second-order valence-corrected chi connectivity index (χ2v) is 4.89. The van der Waals surface area contributed by atoms with Crippen LogP contribution in [0.3, 0.4) is 0 Å². The Morgan fingerprint density at radius 1 is 1.08 bits per heavy atom. The number of nitro groups is 1. The predicted molar refractivity (Wildman–Crippen MR) is 92.7 cm³/mol. The predicted octanol–water partition coefficient (Wildman–Crippen LogP) is 3.68. The van der Waals surface area contributed by atoms with Gasteiger partial charge in [-0.15, -0.1) is 0 Å². The lowest BCUT2D eigenvalue weighted by molar-refractivity contribution is -0.385. The fourth-order valence-corrected chi connectivity index (χ4v) is 2.35. The van der Waals surface area contributed by atoms with Gasteiger partial charge in [-0.05, 0) is 18.2 Å². The maximum absolute atomic E-state index is 11.4. The average Bonchev–Trinajstić information content (AvgIpc) is 2.65. The number of para-hydroxylation sites is 1. The highest BCUT2D eigenvalue weighted by molar-refractivity contribution is 5.94. The molecule has 2 rings (SSSR count). The lowest BCUT2D eigenvalue weighted by Crippen LogP contribution is -1.99. The zero-order valence-corrected chi connectivity index (χ0v) is 14.0. The lowest BCUT2D eigenvalue weighted by Gasteiger charge is -2.10. The van der Waals surface area contributed by atoms with Crippen LogP contribution in [0.1, 0.15) is 11.1 Å². The quantitative estimate of drug-likeness (QED) is 0.344. The summed E-state index contributed by atoms with van der Waals surface area (Å²) in [5.74, 6) is 1.06. The minimum Gasteiger partial charge on any atom is -0.496 e. The van der Waals surface area contributed by atoms with E-state index in [4.69, 9.17) is 14.2 Å². The van der Waals surface area contributed by atoms with E-state index in [1.54, 1.807) is 24.3 Å². The van der Waals surface area contributed by atoms with Gasteiger partial charge in [0.05, 0.1) is 43.5 Å². The van der Waals surface area contributed by atoms with Gasteiger partial charge in [0, 0.05) is 5.56 Å². The number of allylic oxidation sites excluding steroid dienone is 1. The number of ether oxygens (including phenoxy) is 3. The van der Waals surface area contributed by atoms with Gasteiger partial charge in [-0.3, -0.25) is 10.1 Å². The van der Waals surface area contributed by atoms with Crippen molar-refractivity contribution >= 4 is 17.3 Å². The minimum absolute atomic E-state index is 0.108. The summed E-state index contributed by atoms with van der Waals surface area (Å²) in [6.07, 6.45) is 1.53. The summed E-state index contributed by atoms with van der Waals surface area (Å²) >= 11 is 0. The van der Waals surface area contributed by atoms with E-state index >= 15 is 0 Å². The van der Waals surface area contributed by atoms with Crippen LogP contribution in [0.25, 0.3) is 11.6 Å². The van der Waals surface area contributed by atoms with Crippen molar-refractivity contribution in [2.75, 3.05) is 21.3 Å². The lowest BCUT2D eigenvalue weighted by atomic mass is 10.0. The Morgan fingerprint density at radius 3 is 2.24 bits per heavy atom. The number of nitrogens with zero attached hydrogens (tertiary/aromatic N) is 2. The van der Waals surface area contributed by atoms with Crippen LogP contribution in [0.2, 0.25) is 0 Å². The molecule has 0 heterocycles. The Bertz CT molecular complexity index is 868. The van der Waals surface area contributed by atoms with Crippen molar-refractivity contribution in [2.24, 2.45) is 0 Å². The molecule has 0 aromatic heterocycles. The van der Waals surface area contributed by atoms with Crippen LogP contribution in [0.5, 0.6) is 17.2 Å². The first-order valence-corrected chi connectivity index (χ1v) is 7.21. The van der Waals surface area contributed by atoms with Crippen LogP contribution >= 0.6 is 0 Å². The molecule has 0 atom stereocenters. The number of rotatable bonds is 6. The van der Waals surface area contributed by atoms with Crippen molar-refractivity contribution < 1.29 is 19.1 Å². The topological polar surface area (TPSA) is 94.6 Å². The van der Waals surface area contributed by atoms with E-state index in [0.29, 0.717) is 17.1 Å². The molecule has 2 aromatic rings. The van der Waals surface area contributed by atoms with Crippen LogP contribution in [0, 0.1) is 21.4 Å². The highest BCUT2D eigenvalue weighted by Crippen LogP contribution is 2.38. The molecule has 0 amide bonds. The molecule has 0 spiro atoms. The van der Waals surface area contributed by atoms with Crippen molar-refractivity contribution in [1.82, 2.24) is 0 Å². The van der Waals surface area contributed by atoms with Crippen LogP contribution in [0.4, 0.5) is 5.69 Å². The third-order valence-corrected chi connectivity index (χ3v) is 3.55. The molecule has 0 aliphatic rings. The average molecular weight is 340 g/mol. The van der Waals surface area contributed by atoms with Gasteiger partial charge in [0.15, 0.2) is 11.5 Å². The second-order valence-electron chi connectivity index (χ2n) is 4.89. The van der Waals surface area contributed by atoms with Crippen molar-refractivity contribution in [1.29, 1.82) is 5.26 Å². The van der Waals surface area contributed by atoms with Gasteiger partial charge in [-0.25, -0.2) is 0 Å². The highest BCUT2D eigenvalue weighted by Gasteiger charge is 2.22. The molecular formula is C18H16N2O5. The largest absolute Gasteiger partial charge is 0.496 e. The van der Waals surface area contributed by atoms with Crippen molar-refractivity contribution in [3.05, 3.63) is 57.6 Å². The summed E-state index contributed by atoms with van der Waals surface area (Å²) in [6, 6.07) is 11.7. The van der Waals surface area contributed by atoms with E-state index in [1.807, 2.05) is 6.07 Å². The Morgan fingerprint density at radius 2 is 1.68 bits per heavy atom. The van der Waals surface area contributed by atoms with Crippen molar-refractivity contribution in [2.45, 2.75) is 0 Å². The molecule has 0 saturated carbocycles. The van der Waals surface area contributed by atoms with Gasteiger partial charge < -0.3 is 14.2 Å². The Labute approximate surface area is 144 Å². The van der Waals surface area contributed by atoms with Gasteiger partial charge in [-0.1, -0.05) is 18.2 Å². The molecule has 128 valence electrons. The fraction of sp³-hybridized carbons (Fsp3) is 0.167.